The summed E-state index contributed by atoms with van der Waals surface area (Å²) in [6.45, 7) is 0. The van der Waals surface area contributed by atoms with Crippen LogP contribution in [-0.4, -0.2) is 10.8 Å². The number of anilines is 1. The van der Waals surface area contributed by atoms with Crippen molar-refractivity contribution < 1.29 is 13.6 Å². The van der Waals surface area contributed by atoms with E-state index in [4.69, 9.17) is 5.73 Å². The van der Waals surface area contributed by atoms with Crippen LogP contribution in [0.25, 0.3) is 0 Å². The molecule has 2 N–H and O–H groups in total. The van der Waals surface area contributed by atoms with E-state index >= 15 is 0 Å². The lowest BCUT2D eigenvalue weighted by Crippen LogP contribution is -2.08. The maximum atomic E-state index is 13.4. The molecule has 3 nitrogen and oxygen atoms in total. The third kappa shape index (κ3) is 2.13. The van der Waals surface area contributed by atoms with Crippen molar-refractivity contribution in [2.45, 2.75) is 0 Å². The lowest BCUT2D eigenvalue weighted by atomic mass is 10.0. The zero-order chi connectivity index (χ0) is 12.4. The molecule has 0 spiro atoms. The van der Waals surface area contributed by atoms with Crippen LogP contribution in [0.1, 0.15) is 15.9 Å². The maximum Gasteiger partial charge on any atom is 0.199 e. The molecule has 1 heterocycles. The summed E-state index contributed by atoms with van der Waals surface area (Å²) in [6.07, 6.45) is 1.42. The number of hydrogen-bond donors (Lipinski definition) is 1. The standard InChI is InChI=1S/C12H8F2N2O/c13-7-3-4-8(10(14)6-7)11(17)9-2-1-5-16-12(9)15/h1-6H,(H2,15,16). The van der Waals surface area contributed by atoms with Crippen LogP contribution in [-0.2, 0) is 0 Å². The molecule has 0 fully saturated rings. The van der Waals surface area contributed by atoms with Crippen molar-refractivity contribution in [3.05, 3.63) is 59.3 Å². The Hall–Kier alpha value is -2.30. The molecular weight excluding hydrogens is 226 g/mol. The lowest BCUT2D eigenvalue weighted by Gasteiger charge is -2.04. The van der Waals surface area contributed by atoms with Gasteiger partial charge in [-0.05, 0) is 24.3 Å². The summed E-state index contributed by atoms with van der Waals surface area (Å²) < 4.78 is 26.1. The molecule has 0 aliphatic rings. The zero-order valence-corrected chi connectivity index (χ0v) is 8.65. The first-order chi connectivity index (χ1) is 8.09. The number of nitrogens with zero attached hydrogens (tertiary/aromatic N) is 1. The van der Waals surface area contributed by atoms with Gasteiger partial charge in [0.1, 0.15) is 17.5 Å². The monoisotopic (exact) mass is 234 g/mol. The maximum absolute atomic E-state index is 13.4. The Morgan fingerprint density at radius 3 is 2.59 bits per heavy atom. The third-order valence-electron chi connectivity index (χ3n) is 2.26. The van der Waals surface area contributed by atoms with Gasteiger partial charge in [0.2, 0.25) is 0 Å². The average Bonchev–Trinajstić information content (AvgIpc) is 2.29. The SMILES string of the molecule is Nc1ncccc1C(=O)c1ccc(F)cc1F. The van der Waals surface area contributed by atoms with E-state index in [1.54, 1.807) is 0 Å². The molecule has 0 amide bonds. The highest BCUT2D eigenvalue weighted by atomic mass is 19.1. The Labute approximate surface area is 95.9 Å². The van der Waals surface area contributed by atoms with E-state index in [1.165, 1.54) is 18.3 Å². The highest BCUT2D eigenvalue weighted by Gasteiger charge is 2.17. The summed E-state index contributed by atoms with van der Waals surface area (Å²) in [7, 11) is 0. The molecule has 5 heteroatoms. The first-order valence-electron chi connectivity index (χ1n) is 4.80. The van der Waals surface area contributed by atoms with Crippen LogP contribution in [0.3, 0.4) is 0 Å². The lowest BCUT2D eigenvalue weighted by molar-refractivity contribution is 0.103. The zero-order valence-electron chi connectivity index (χ0n) is 8.65. The van der Waals surface area contributed by atoms with E-state index in [1.807, 2.05) is 0 Å². The summed E-state index contributed by atoms with van der Waals surface area (Å²) in [4.78, 5) is 15.7. The number of halogens is 2. The minimum Gasteiger partial charge on any atom is -0.383 e. The van der Waals surface area contributed by atoms with E-state index < -0.39 is 17.4 Å². The Morgan fingerprint density at radius 2 is 1.94 bits per heavy atom. The van der Waals surface area contributed by atoms with Crippen LogP contribution in [0.5, 0.6) is 0 Å². The van der Waals surface area contributed by atoms with Crippen LogP contribution in [0, 0.1) is 11.6 Å². The fraction of sp³-hybridized carbons (Fsp3) is 0. The van der Waals surface area contributed by atoms with Crippen LogP contribution in [0.4, 0.5) is 14.6 Å². The summed E-state index contributed by atoms with van der Waals surface area (Å²) in [5.74, 6) is -2.26. The Kier molecular flexibility index (Phi) is 2.82. The van der Waals surface area contributed by atoms with Crippen LogP contribution in [0.15, 0.2) is 36.5 Å². The number of rotatable bonds is 2. The van der Waals surface area contributed by atoms with E-state index in [9.17, 15) is 13.6 Å². The summed E-state index contributed by atoms with van der Waals surface area (Å²) in [5.41, 5.74) is 5.38. The van der Waals surface area contributed by atoms with Gasteiger partial charge in [-0.25, -0.2) is 13.8 Å². The molecule has 0 saturated carbocycles. The molecule has 0 saturated heterocycles. The Morgan fingerprint density at radius 1 is 1.18 bits per heavy atom. The second kappa shape index (κ2) is 4.29. The number of nitrogens with two attached hydrogens (primary N) is 1. The number of pyridine rings is 1. The van der Waals surface area contributed by atoms with Gasteiger partial charge in [-0.1, -0.05) is 0 Å². The second-order valence-corrected chi connectivity index (χ2v) is 3.39. The van der Waals surface area contributed by atoms with Crippen LogP contribution in [0.2, 0.25) is 0 Å². The van der Waals surface area contributed by atoms with Crippen molar-refractivity contribution in [1.29, 1.82) is 0 Å². The minimum atomic E-state index is -0.918. The van der Waals surface area contributed by atoms with Gasteiger partial charge in [-0.15, -0.1) is 0 Å². The molecule has 0 aliphatic heterocycles. The normalized spacial score (nSPS) is 10.2. The number of benzene rings is 1. The molecule has 86 valence electrons. The number of carbonyl (C=O) groups is 1. The summed E-state index contributed by atoms with van der Waals surface area (Å²) in [5, 5.41) is 0. The van der Waals surface area contributed by atoms with E-state index in [-0.39, 0.29) is 16.9 Å². The molecule has 1 aromatic carbocycles. The molecule has 0 radical (unpaired) electrons. The number of hydrogen-bond acceptors (Lipinski definition) is 3. The Balaban J connectivity index is 2.48. The fourth-order valence-corrected chi connectivity index (χ4v) is 1.43. The van der Waals surface area contributed by atoms with Gasteiger partial charge in [-0.2, -0.15) is 0 Å². The molecule has 0 unspecified atom stereocenters. The molecular formula is C12H8F2N2O. The van der Waals surface area contributed by atoms with Gasteiger partial charge in [0.25, 0.3) is 0 Å². The second-order valence-electron chi connectivity index (χ2n) is 3.39. The minimum absolute atomic E-state index is 0.0150. The number of aromatic nitrogens is 1. The van der Waals surface area contributed by atoms with Gasteiger partial charge in [0, 0.05) is 12.3 Å². The largest absolute Gasteiger partial charge is 0.383 e. The van der Waals surface area contributed by atoms with Crippen molar-refractivity contribution in [3.63, 3.8) is 0 Å². The topological polar surface area (TPSA) is 56.0 Å². The average molecular weight is 234 g/mol. The summed E-state index contributed by atoms with van der Waals surface area (Å²) >= 11 is 0. The molecule has 0 aliphatic carbocycles. The van der Waals surface area contributed by atoms with E-state index in [0.29, 0.717) is 6.07 Å². The molecule has 0 bridgehead atoms. The van der Waals surface area contributed by atoms with Crippen LogP contribution < -0.4 is 5.73 Å². The van der Waals surface area contributed by atoms with E-state index in [0.717, 1.165) is 12.1 Å². The van der Waals surface area contributed by atoms with Crippen molar-refractivity contribution in [2.24, 2.45) is 0 Å². The van der Waals surface area contributed by atoms with Gasteiger partial charge >= 0.3 is 0 Å². The van der Waals surface area contributed by atoms with Crippen molar-refractivity contribution >= 4 is 11.6 Å². The summed E-state index contributed by atoms with van der Waals surface area (Å²) in [6, 6.07) is 5.71. The highest BCUT2D eigenvalue weighted by Crippen LogP contribution is 2.17. The highest BCUT2D eigenvalue weighted by molar-refractivity contribution is 6.11. The van der Waals surface area contributed by atoms with Gasteiger partial charge in [0.05, 0.1) is 11.1 Å². The third-order valence-corrected chi connectivity index (χ3v) is 2.26. The number of ketones is 1. The van der Waals surface area contributed by atoms with Crippen LogP contribution >= 0.6 is 0 Å². The quantitative estimate of drug-likeness (QED) is 0.810. The predicted octanol–water partition coefficient (Wildman–Crippen LogP) is 2.17. The molecule has 2 rings (SSSR count). The van der Waals surface area contributed by atoms with E-state index in [2.05, 4.69) is 4.98 Å². The van der Waals surface area contributed by atoms with Crippen molar-refractivity contribution in [2.75, 3.05) is 5.73 Å². The molecule has 0 atom stereocenters. The van der Waals surface area contributed by atoms with Gasteiger partial charge < -0.3 is 5.73 Å². The smallest absolute Gasteiger partial charge is 0.199 e. The molecule has 1 aromatic heterocycles. The molecule has 17 heavy (non-hydrogen) atoms. The van der Waals surface area contributed by atoms with Gasteiger partial charge in [0.15, 0.2) is 5.78 Å². The molecule has 2 aromatic rings. The Bertz CT molecular complexity index is 584. The number of nitrogen functional groups attached to an aromatic ring is 1. The van der Waals surface area contributed by atoms with Crippen molar-refractivity contribution in [1.82, 2.24) is 4.98 Å². The van der Waals surface area contributed by atoms with Gasteiger partial charge in [-0.3, -0.25) is 4.79 Å². The fourth-order valence-electron chi connectivity index (χ4n) is 1.43. The predicted molar refractivity (Wildman–Crippen MR) is 58.4 cm³/mol. The first-order valence-corrected chi connectivity index (χ1v) is 4.80. The number of carbonyl (C=O) groups excluding carboxylic acids is 1. The van der Waals surface area contributed by atoms with Crippen molar-refractivity contribution in [3.8, 4) is 0 Å². The first kappa shape index (κ1) is 11.2.